The van der Waals surface area contributed by atoms with Crippen LogP contribution in [0.5, 0.6) is 0 Å². The van der Waals surface area contributed by atoms with Crippen LogP contribution in [0.25, 0.3) is 10.8 Å². The lowest BCUT2D eigenvalue weighted by Crippen LogP contribution is -2.13. The highest BCUT2D eigenvalue weighted by Crippen LogP contribution is 2.25. The Morgan fingerprint density at radius 2 is 1.94 bits per heavy atom. The Bertz CT molecular complexity index is 587. The average Bonchev–Trinajstić information content (AvgIpc) is 2.26. The van der Waals surface area contributed by atoms with Crippen molar-refractivity contribution in [3.05, 3.63) is 35.4 Å². The van der Waals surface area contributed by atoms with Gasteiger partial charge in [0.25, 0.3) is 0 Å². The number of nitrogens with one attached hydrogen (secondary N) is 1. The molecule has 0 spiro atoms. The minimum Gasteiger partial charge on any atom is -0.384 e. The number of amidine groups is 1. The van der Waals surface area contributed by atoms with E-state index in [4.69, 9.17) is 11.1 Å². The molecule has 0 bridgehead atoms. The van der Waals surface area contributed by atoms with Gasteiger partial charge in [-0.25, -0.2) is 0 Å². The van der Waals surface area contributed by atoms with Gasteiger partial charge in [0.1, 0.15) is 5.84 Å². The molecular weight excluding hydrogens is 212 g/mol. The van der Waals surface area contributed by atoms with E-state index in [1.165, 1.54) is 0 Å². The monoisotopic (exact) mass is 228 g/mol. The third-order valence-corrected chi connectivity index (χ3v) is 2.78. The summed E-state index contributed by atoms with van der Waals surface area (Å²) in [5, 5.41) is 9.51. The summed E-state index contributed by atoms with van der Waals surface area (Å²) in [5.74, 6) is 0.365. The SMILES string of the molecule is Cc1cc2c(C(C)C)ncc(C(=N)N)c2cn1. The second-order valence-corrected chi connectivity index (χ2v) is 4.50. The second kappa shape index (κ2) is 4.13. The van der Waals surface area contributed by atoms with Crippen molar-refractivity contribution in [3.63, 3.8) is 0 Å². The number of rotatable bonds is 2. The molecule has 2 aromatic rings. The highest BCUT2D eigenvalue weighted by atomic mass is 14.8. The van der Waals surface area contributed by atoms with E-state index in [0.29, 0.717) is 11.5 Å². The van der Waals surface area contributed by atoms with Gasteiger partial charge in [0.2, 0.25) is 0 Å². The van der Waals surface area contributed by atoms with Crippen molar-refractivity contribution < 1.29 is 0 Å². The number of aryl methyl sites for hydroxylation is 1. The van der Waals surface area contributed by atoms with Crippen molar-refractivity contribution in [2.45, 2.75) is 26.7 Å². The van der Waals surface area contributed by atoms with Crippen LogP contribution in [0.4, 0.5) is 0 Å². The summed E-state index contributed by atoms with van der Waals surface area (Å²) in [6.07, 6.45) is 3.44. The van der Waals surface area contributed by atoms with Crippen LogP contribution in [0.15, 0.2) is 18.5 Å². The van der Waals surface area contributed by atoms with Crippen LogP contribution in [-0.4, -0.2) is 15.8 Å². The molecule has 0 aromatic carbocycles. The number of nitrogens with two attached hydrogens (primary N) is 1. The van der Waals surface area contributed by atoms with Gasteiger partial charge in [0.05, 0.1) is 5.69 Å². The molecule has 0 atom stereocenters. The predicted octanol–water partition coefficient (Wildman–Crippen LogP) is 2.35. The average molecular weight is 228 g/mol. The fourth-order valence-corrected chi connectivity index (χ4v) is 1.93. The van der Waals surface area contributed by atoms with Gasteiger partial charge < -0.3 is 5.73 Å². The fourth-order valence-electron chi connectivity index (χ4n) is 1.93. The molecule has 0 aliphatic heterocycles. The zero-order chi connectivity index (χ0) is 12.6. The summed E-state index contributed by atoms with van der Waals surface area (Å²) >= 11 is 0. The molecule has 0 radical (unpaired) electrons. The Labute approximate surface area is 100 Å². The molecule has 3 N–H and O–H groups in total. The molecule has 4 nitrogen and oxygen atoms in total. The van der Waals surface area contributed by atoms with Crippen LogP contribution in [0, 0.1) is 12.3 Å². The molecule has 0 aliphatic carbocycles. The molecule has 0 amide bonds. The standard InChI is InChI=1S/C13H16N4/c1-7(2)12-9-4-8(3)16-5-10(9)11(6-17-12)13(14)15/h4-7H,1-3H3,(H3,14,15). The zero-order valence-electron chi connectivity index (χ0n) is 10.3. The number of hydrogen-bond donors (Lipinski definition) is 2. The lowest BCUT2D eigenvalue weighted by Gasteiger charge is -2.12. The minimum absolute atomic E-state index is 0.0310. The number of nitrogen functional groups attached to an aromatic ring is 1. The van der Waals surface area contributed by atoms with Gasteiger partial charge in [-0.2, -0.15) is 0 Å². The normalized spacial score (nSPS) is 11.1. The van der Waals surface area contributed by atoms with E-state index in [1.807, 2.05) is 13.0 Å². The van der Waals surface area contributed by atoms with Crippen molar-refractivity contribution in [1.29, 1.82) is 5.41 Å². The second-order valence-electron chi connectivity index (χ2n) is 4.50. The third kappa shape index (κ3) is 1.98. The van der Waals surface area contributed by atoms with Crippen molar-refractivity contribution in [3.8, 4) is 0 Å². The van der Waals surface area contributed by atoms with E-state index in [1.54, 1.807) is 12.4 Å². The number of pyridine rings is 2. The lowest BCUT2D eigenvalue weighted by atomic mass is 10.00. The molecular formula is C13H16N4. The van der Waals surface area contributed by atoms with Gasteiger partial charge in [-0.15, -0.1) is 0 Å². The highest BCUT2D eigenvalue weighted by Gasteiger charge is 2.12. The molecule has 0 saturated carbocycles. The van der Waals surface area contributed by atoms with Crippen LogP contribution in [0.2, 0.25) is 0 Å². The summed E-state index contributed by atoms with van der Waals surface area (Å²) in [4.78, 5) is 8.69. The predicted molar refractivity (Wildman–Crippen MR) is 69.4 cm³/mol. The first-order valence-electron chi connectivity index (χ1n) is 5.60. The Hall–Kier alpha value is -1.97. The molecule has 2 aromatic heterocycles. The van der Waals surface area contributed by atoms with Gasteiger partial charge in [0.15, 0.2) is 0 Å². The first kappa shape index (κ1) is 11.5. The number of hydrogen-bond acceptors (Lipinski definition) is 3. The van der Waals surface area contributed by atoms with Gasteiger partial charge in [-0.3, -0.25) is 15.4 Å². The maximum absolute atomic E-state index is 7.56. The third-order valence-electron chi connectivity index (χ3n) is 2.78. The van der Waals surface area contributed by atoms with Crippen molar-refractivity contribution >= 4 is 16.6 Å². The van der Waals surface area contributed by atoms with Gasteiger partial charge in [-0.05, 0) is 18.9 Å². The van der Waals surface area contributed by atoms with Crippen LogP contribution in [-0.2, 0) is 0 Å². The van der Waals surface area contributed by atoms with Crippen LogP contribution in [0.1, 0.15) is 36.7 Å². The maximum Gasteiger partial charge on any atom is 0.125 e. The molecule has 17 heavy (non-hydrogen) atoms. The number of aromatic nitrogens is 2. The van der Waals surface area contributed by atoms with Gasteiger partial charge in [-0.1, -0.05) is 13.8 Å². The van der Waals surface area contributed by atoms with Crippen molar-refractivity contribution in [1.82, 2.24) is 9.97 Å². The molecule has 88 valence electrons. The van der Waals surface area contributed by atoms with E-state index in [-0.39, 0.29) is 5.84 Å². The molecule has 4 heteroatoms. The highest BCUT2D eigenvalue weighted by molar-refractivity contribution is 6.07. The summed E-state index contributed by atoms with van der Waals surface area (Å²) in [6.45, 7) is 6.15. The van der Waals surface area contributed by atoms with Crippen molar-refractivity contribution in [2.24, 2.45) is 5.73 Å². The smallest absolute Gasteiger partial charge is 0.125 e. The summed E-state index contributed by atoms with van der Waals surface area (Å²) in [5.41, 5.74) is 8.18. The largest absolute Gasteiger partial charge is 0.384 e. The van der Waals surface area contributed by atoms with E-state index in [2.05, 4.69) is 23.8 Å². The van der Waals surface area contributed by atoms with Gasteiger partial charge in [0, 0.05) is 34.4 Å². The summed E-state index contributed by atoms with van der Waals surface area (Å²) in [7, 11) is 0. The van der Waals surface area contributed by atoms with E-state index in [0.717, 1.165) is 22.2 Å². The van der Waals surface area contributed by atoms with E-state index in [9.17, 15) is 0 Å². The topological polar surface area (TPSA) is 75.7 Å². The molecule has 2 rings (SSSR count). The Kier molecular flexibility index (Phi) is 2.79. The van der Waals surface area contributed by atoms with Gasteiger partial charge >= 0.3 is 0 Å². The Balaban J connectivity index is 2.85. The first-order valence-corrected chi connectivity index (χ1v) is 5.60. The molecule has 0 unspecified atom stereocenters. The minimum atomic E-state index is 0.0310. The van der Waals surface area contributed by atoms with Crippen LogP contribution >= 0.6 is 0 Å². The lowest BCUT2D eigenvalue weighted by molar-refractivity contribution is 0.833. The molecule has 2 heterocycles. The Morgan fingerprint density at radius 1 is 1.24 bits per heavy atom. The van der Waals surface area contributed by atoms with Crippen LogP contribution < -0.4 is 5.73 Å². The number of fused-ring (bicyclic) bond motifs is 1. The zero-order valence-corrected chi connectivity index (χ0v) is 10.3. The molecule has 0 aliphatic rings. The van der Waals surface area contributed by atoms with Crippen molar-refractivity contribution in [2.75, 3.05) is 0 Å². The number of nitrogens with zero attached hydrogens (tertiary/aromatic N) is 2. The first-order chi connectivity index (χ1) is 8.00. The van der Waals surface area contributed by atoms with Crippen LogP contribution in [0.3, 0.4) is 0 Å². The van der Waals surface area contributed by atoms with E-state index >= 15 is 0 Å². The quantitative estimate of drug-likeness (QED) is 0.612. The fraction of sp³-hybridized carbons (Fsp3) is 0.308. The molecule has 0 saturated heterocycles. The molecule has 0 fully saturated rings. The Morgan fingerprint density at radius 3 is 2.53 bits per heavy atom. The van der Waals surface area contributed by atoms with E-state index < -0.39 is 0 Å². The maximum atomic E-state index is 7.56. The summed E-state index contributed by atoms with van der Waals surface area (Å²) < 4.78 is 0. The summed E-state index contributed by atoms with van der Waals surface area (Å²) in [6, 6.07) is 2.00.